The Hall–Kier alpha value is -3.25. The van der Waals surface area contributed by atoms with Gasteiger partial charge in [0.05, 0.1) is 19.0 Å². The topological polar surface area (TPSA) is 68.2 Å². The normalized spacial score (nSPS) is 19.2. The number of aromatic nitrogens is 2. The second kappa shape index (κ2) is 8.41. The Bertz CT molecular complexity index is 1060. The summed E-state index contributed by atoms with van der Waals surface area (Å²) in [5, 5.41) is 11.2. The van der Waals surface area contributed by atoms with Gasteiger partial charge in [0.1, 0.15) is 11.4 Å². The van der Waals surface area contributed by atoms with Gasteiger partial charge in [-0.3, -0.25) is 4.79 Å². The number of hydrogen-bond acceptors (Lipinski definition) is 4. The van der Waals surface area contributed by atoms with Crippen LogP contribution in [0.1, 0.15) is 18.4 Å². The van der Waals surface area contributed by atoms with Crippen LogP contribution in [0.2, 0.25) is 0 Å². The molecule has 0 spiro atoms. The van der Waals surface area contributed by atoms with E-state index in [0.717, 1.165) is 41.1 Å². The number of allylic oxidation sites excluding steroid dienone is 6. The number of fused-ring (bicyclic) bond motifs is 2. The largest absolute Gasteiger partial charge is 0.497 e. The number of hydrogen-bond donors (Lipinski definition) is 2. The molecule has 6 nitrogen and oxygen atoms in total. The molecule has 0 unspecified atom stereocenters. The first-order chi connectivity index (χ1) is 14.1. The lowest BCUT2D eigenvalue weighted by molar-refractivity contribution is -0.118. The second-order valence-corrected chi connectivity index (χ2v) is 7.25. The predicted octanol–water partition coefficient (Wildman–Crippen LogP) is 3.71. The zero-order chi connectivity index (χ0) is 20.2. The first kappa shape index (κ1) is 19.1. The summed E-state index contributed by atoms with van der Waals surface area (Å²) in [6.45, 7) is 0.376. The molecule has 29 heavy (non-hydrogen) atoms. The molecule has 2 N–H and O–H groups in total. The Balaban J connectivity index is 1.43. The minimum atomic E-state index is -0.170. The number of carbonyl (C=O) groups excluding carboxylic acids is 1. The molecule has 2 bridgehead atoms. The number of halogens is 1. The third-order valence-electron chi connectivity index (χ3n) is 4.67. The zero-order valence-corrected chi connectivity index (χ0v) is 16.7. The minimum absolute atomic E-state index is 0.170. The minimum Gasteiger partial charge on any atom is -0.497 e. The van der Waals surface area contributed by atoms with Crippen molar-refractivity contribution >= 4 is 17.5 Å². The number of ether oxygens (including phenoxy) is 1. The SMILES string of the molecule is COc1cccc(-n2cc(CNC(=O)C3=C/C4=C/C(Cl)=CC/C=C(\C4)N3)cn2)c1. The molecular formula is C22H21ClN4O2. The average molecular weight is 409 g/mol. The van der Waals surface area contributed by atoms with Gasteiger partial charge in [0, 0.05) is 41.5 Å². The lowest BCUT2D eigenvalue weighted by Gasteiger charge is -2.21. The van der Waals surface area contributed by atoms with E-state index >= 15 is 0 Å². The van der Waals surface area contributed by atoms with E-state index in [0.29, 0.717) is 17.3 Å². The molecule has 0 fully saturated rings. The first-order valence-corrected chi connectivity index (χ1v) is 9.68. The molecule has 1 aromatic carbocycles. The molecule has 1 aliphatic heterocycles. The van der Waals surface area contributed by atoms with Crippen LogP contribution >= 0.6 is 11.6 Å². The molecule has 2 heterocycles. The smallest absolute Gasteiger partial charge is 0.267 e. The Labute approximate surface area is 174 Å². The number of amides is 1. The summed E-state index contributed by atoms with van der Waals surface area (Å²) in [5.74, 6) is 0.593. The van der Waals surface area contributed by atoms with E-state index in [-0.39, 0.29) is 5.91 Å². The van der Waals surface area contributed by atoms with E-state index in [1.807, 2.05) is 54.8 Å². The molecule has 148 valence electrons. The van der Waals surface area contributed by atoms with Gasteiger partial charge >= 0.3 is 0 Å². The first-order valence-electron chi connectivity index (χ1n) is 9.31. The third kappa shape index (κ3) is 4.60. The van der Waals surface area contributed by atoms with E-state index in [4.69, 9.17) is 16.3 Å². The number of nitrogens with one attached hydrogen (secondary N) is 2. The van der Waals surface area contributed by atoms with Crippen molar-refractivity contribution in [1.29, 1.82) is 0 Å². The second-order valence-electron chi connectivity index (χ2n) is 6.81. The monoisotopic (exact) mass is 408 g/mol. The van der Waals surface area contributed by atoms with E-state index in [1.54, 1.807) is 18.0 Å². The van der Waals surface area contributed by atoms with Gasteiger partial charge in [0.25, 0.3) is 5.91 Å². The Morgan fingerprint density at radius 1 is 1.34 bits per heavy atom. The van der Waals surface area contributed by atoms with Gasteiger partial charge in [-0.2, -0.15) is 5.10 Å². The van der Waals surface area contributed by atoms with E-state index < -0.39 is 0 Å². The zero-order valence-electron chi connectivity index (χ0n) is 16.0. The molecule has 0 saturated heterocycles. The summed E-state index contributed by atoms with van der Waals surface area (Å²) in [7, 11) is 1.63. The molecule has 0 radical (unpaired) electrons. The molecule has 7 heteroatoms. The van der Waals surface area contributed by atoms with Gasteiger partial charge in [0.15, 0.2) is 0 Å². The number of methoxy groups -OCH3 is 1. The summed E-state index contributed by atoms with van der Waals surface area (Å²) in [4.78, 5) is 12.7. The van der Waals surface area contributed by atoms with Crippen molar-refractivity contribution in [3.8, 4) is 11.4 Å². The maximum atomic E-state index is 12.7. The summed E-state index contributed by atoms with van der Waals surface area (Å²) >= 11 is 6.17. The summed E-state index contributed by atoms with van der Waals surface area (Å²) in [5.41, 5.74) is 4.32. The van der Waals surface area contributed by atoms with Gasteiger partial charge in [-0.05, 0) is 36.3 Å². The lowest BCUT2D eigenvalue weighted by Crippen LogP contribution is -2.33. The average Bonchev–Trinajstić information content (AvgIpc) is 3.20. The highest BCUT2D eigenvalue weighted by Crippen LogP contribution is 2.24. The molecule has 1 amide bonds. The van der Waals surface area contributed by atoms with Crippen molar-refractivity contribution in [3.05, 3.63) is 88.5 Å². The van der Waals surface area contributed by atoms with E-state index in [2.05, 4.69) is 15.7 Å². The van der Waals surface area contributed by atoms with Crippen LogP contribution in [0.3, 0.4) is 0 Å². The molecule has 1 aliphatic carbocycles. The Morgan fingerprint density at radius 2 is 2.24 bits per heavy atom. The third-order valence-corrected chi connectivity index (χ3v) is 4.93. The number of nitrogens with zero attached hydrogens (tertiary/aromatic N) is 2. The molecule has 4 rings (SSSR count). The highest BCUT2D eigenvalue weighted by atomic mass is 35.5. The quantitative estimate of drug-likeness (QED) is 0.791. The van der Waals surface area contributed by atoms with Crippen LogP contribution in [-0.2, 0) is 11.3 Å². The van der Waals surface area contributed by atoms with Crippen LogP contribution in [0.4, 0.5) is 0 Å². The predicted molar refractivity (Wildman–Crippen MR) is 113 cm³/mol. The number of rotatable bonds is 5. The molecule has 0 saturated carbocycles. The van der Waals surface area contributed by atoms with Crippen LogP contribution < -0.4 is 15.4 Å². The van der Waals surface area contributed by atoms with Crippen LogP contribution in [0.5, 0.6) is 5.75 Å². The van der Waals surface area contributed by atoms with Crippen molar-refractivity contribution in [1.82, 2.24) is 20.4 Å². The maximum absolute atomic E-state index is 12.7. The van der Waals surface area contributed by atoms with Crippen LogP contribution in [-0.4, -0.2) is 22.8 Å². The fourth-order valence-electron chi connectivity index (χ4n) is 3.22. The fraction of sp³-hybridized carbons (Fsp3) is 0.182. The fourth-order valence-corrected chi connectivity index (χ4v) is 3.45. The van der Waals surface area contributed by atoms with E-state index in [9.17, 15) is 4.79 Å². The van der Waals surface area contributed by atoms with Crippen molar-refractivity contribution in [2.45, 2.75) is 19.4 Å². The van der Waals surface area contributed by atoms with Gasteiger partial charge in [-0.1, -0.05) is 29.8 Å². The highest BCUT2D eigenvalue weighted by Gasteiger charge is 2.18. The van der Waals surface area contributed by atoms with Crippen LogP contribution in [0.15, 0.2) is 83.0 Å². The van der Waals surface area contributed by atoms with Gasteiger partial charge in [0.2, 0.25) is 0 Å². The van der Waals surface area contributed by atoms with Crippen LogP contribution in [0, 0.1) is 0 Å². The van der Waals surface area contributed by atoms with Gasteiger partial charge in [-0.15, -0.1) is 0 Å². The van der Waals surface area contributed by atoms with Crippen molar-refractivity contribution in [2.24, 2.45) is 0 Å². The lowest BCUT2D eigenvalue weighted by atomic mass is 10.0. The van der Waals surface area contributed by atoms with Gasteiger partial charge < -0.3 is 15.4 Å². The molecular weight excluding hydrogens is 388 g/mol. The molecule has 0 atom stereocenters. The molecule has 1 aromatic heterocycles. The van der Waals surface area contributed by atoms with Crippen molar-refractivity contribution < 1.29 is 9.53 Å². The molecule has 2 aromatic rings. The summed E-state index contributed by atoms with van der Waals surface area (Å²) in [6, 6.07) is 7.63. The summed E-state index contributed by atoms with van der Waals surface area (Å²) in [6.07, 6.45) is 12.8. The standard InChI is InChI=1S/C22H21ClN4O2/c1-29-20-7-3-6-19(11-20)27-14-16(13-25-27)12-24-22(28)21-10-15-8-17(23)4-2-5-18(9-15)26-21/h3-8,10-11,13-14,26H,2,9,12H2,1H3,(H,24,28)/b15-8+,17-4?,18-5+. The van der Waals surface area contributed by atoms with Crippen molar-refractivity contribution in [2.75, 3.05) is 7.11 Å². The maximum Gasteiger partial charge on any atom is 0.267 e. The number of carbonyl (C=O) groups is 1. The highest BCUT2D eigenvalue weighted by molar-refractivity contribution is 6.31. The molecule has 2 aliphatic rings. The Kier molecular flexibility index (Phi) is 5.53. The Morgan fingerprint density at radius 3 is 3.10 bits per heavy atom. The number of benzene rings is 1. The van der Waals surface area contributed by atoms with Crippen LogP contribution in [0.25, 0.3) is 5.69 Å². The van der Waals surface area contributed by atoms with E-state index in [1.165, 1.54) is 0 Å². The van der Waals surface area contributed by atoms with Crippen molar-refractivity contribution in [3.63, 3.8) is 0 Å². The van der Waals surface area contributed by atoms with Gasteiger partial charge in [-0.25, -0.2) is 4.68 Å². The summed E-state index contributed by atoms with van der Waals surface area (Å²) < 4.78 is 7.01.